The van der Waals surface area contributed by atoms with Crippen LogP contribution in [0, 0.1) is 0 Å². The molecule has 264 valence electrons. The highest BCUT2D eigenvalue weighted by atomic mass is 15.1. The normalized spacial score (nSPS) is 13.4. The second kappa shape index (κ2) is 14.4. The number of rotatable bonds is 7. The molecule has 0 fully saturated rings. The van der Waals surface area contributed by atoms with E-state index < -0.39 is 0 Å². The molecule has 10 rings (SSSR count). The molecule has 9 aromatic rings. The van der Waals surface area contributed by atoms with Gasteiger partial charge in [-0.15, -0.1) is 0 Å². The van der Waals surface area contributed by atoms with Gasteiger partial charge in [-0.05, 0) is 106 Å². The highest BCUT2D eigenvalue weighted by molar-refractivity contribution is 6.07. The molecule has 0 spiro atoms. The third kappa shape index (κ3) is 6.42. The molecule has 0 aliphatic carbocycles. The molecule has 5 nitrogen and oxygen atoms in total. The minimum atomic E-state index is -0.155. The van der Waals surface area contributed by atoms with Crippen molar-refractivity contribution in [2.24, 2.45) is 4.99 Å². The Balaban J connectivity index is 1.16. The molecule has 56 heavy (non-hydrogen) atoms. The first kappa shape index (κ1) is 33.1. The fourth-order valence-corrected chi connectivity index (χ4v) is 7.69. The molecule has 4 heterocycles. The van der Waals surface area contributed by atoms with Crippen molar-refractivity contribution in [2.75, 3.05) is 0 Å². The summed E-state index contributed by atoms with van der Waals surface area (Å²) in [5, 5.41) is 6.21. The zero-order valence-electron chi connectivity index (χ0n) is 30.4. The molecule has 0 bridgehead atoms. The fourth-order valence-electron chi connectivity index (χ4n) is 7.69. The average Bonchev–Trinajstić information content (AvgIpc) is 3.29. The molecule has 0 saturated heterocycles. The number of amidine groups is 1. The predicted octanol–water partition coefficient (Wildman–Crippen LogP) is 12.1. The van der Waals surface area contributed by atoms with Gasteiger partial charge in [0.15, 0.2) is 0 Å². The van der Waals surface area contributed by atoms with E-state index in [1.54, 1.807) is 0 Å². The smallest absolute Gasteiger partial charge is 0.134 e. The number of hydrogen-bond acceptors (Lipinski definition) is 5. The van der Waals surface area contributed by atoms with E-state index in [1.807, 2.05) is 55.0 Å². The van der Waals surface area contributed by atoms with E-state index >= 15 is 0 Å². The van der Waals surface area contributed by atoms with E-state index in [4.69, 9.17) is 4.99 Å². The molecule has 6 aromatic carbocycles. The summed E-state index contributed by atoms with van der Waals surface area (Å²) in [6, 6.07) is 63.6. The van der Waals surface area contributed by atoms with Crippen LogP contribution in [0.25, 0.3) is 66.8 Å². The molecule has 1 N–H and O–H groups in total. The van der Waals surface area contributed by atoms with E-state index in [2.05, 4.69) is 166 Å². The molecule has 1 aliphatic rings. The number of aliphatic imine (C=N–C) groups is 1. The quantitative estimate of drug-likeness (QED) is 0.178. The Kier molecular flexibility index (Phi) is 8.50. The van der Waals surface area contributed by atoms with Crippen LogP contribution in [0.3, 0.4) is 0 Å². The van der Waals surface area contributed by atoms with Crippen LogP contribution in [0.15, 0.2) is 206 Å². The van der Waals surface area contributed by atoms with Crippen LogP contribution in [-0.2, 0) is 0 Å². The summed E-state index contributed by atoms with van der Waals surface area (Å²) in [4.78, 5) is 19.4. The first-order valence-electron chi connectivity index (χ1n) is 18.8. The van der Waals surface area contributed by atoms with Gasteiger partial charge in [0.2, 0.25) is 0 Å². The van der Waals surface area contributed by atoms with Gasteiger partial charge >= 0.3 is 0 Å². The van der Waals surface area contributed by atoms with Gasteiger partial charge in [0.05, 0.1) is 28.8 Å². The lowest BCUT2D eigenvalue weighted by atomic mass is 9.90. The molecule has 0 radical (unpaired) electrons. The van der Waals surface area contributed by atoms with Crippen LogP contribution in [0.2, 0.25) is 0 Å². The summed E-state index contributed by atoms with van der Waals surface area (Å²) in [5.41, 5.74) is 14.6. The Hall–Kier alpha value is -7.50. The molecule has 5 heteroatoms. The highest BCUT2D eigenvalue weighted by Gasteiger charge is 2.27. The minimum Gasteiger partial charge on any atom is -0.359 e. The third-order valence-electron chi connectivity index (χ3n) is 10.4. The van der Waals surface area contributed by atoms with Crippen molar-refractivity contribution in [2.45, 2.75) is 6.04 Å². The van der Waals surface area contributed by atoms with Gasteiger partial charge in [0, 0.05) is 51.8 Å². The van der Waals surface area contributed by atoms with Crippen LogP contribution in [-0.4, -0.2) is 20.8 Å². The molecular formula is C51H35N5. The number of aromatic nitrogens is 3. The summed E-state index contributed by atoms with van der Waals surface area (Å²) in [6.45, 7) is 0. The van der Waals surface area contributed by atoms with Gasteiger partial charge in [0.25, 0.3) is 0 Å². The first-order chi connectivity index (χ1) is 27.7. The number of pyridine rings is 3. The van der Waals surface area contributed by atoms with Crippen LogP contribution in [0.4, 0.5) is 5.69 Å². The van der Waals surface area contributed by atoms with Gasteiger partial charge in [-0.2, -0.15) is 0 Å². The van der Waals surface area contributed by atoms with E-state index in [0.717, 1.165) is 95.0 Å². The van der Waals surface area contributed by atoms with Crippen LogP contribution < -0.4 is 5.32 Å². The largest absolute Gasteiger partial charge is 0.359 e. The Morgan fingerprint density at radius 1 is 0.375 bits per heavy atom. The van der Waals surface area contributed by atoms with Crippen molar-refractivity contribution in [1.29, 1.82) is 0 Å². The monoisotopic (exact) mass is 717 g/mol. The van der Waals surface area contributed by atoms with Crippen molar-refractivity contribution in [3.05, 3.63) is 217 Å². The van der Waals surface area contributed by atoms with E-state index in [-0.39, 0.29) is 6.04 Å². The Labute approximate surface area is 325 Å². The number of fused-ring (bicyclic) bond motifs is 3. The summed E-state index contributed by atoms with van der Waals surface area (Å²) in [5.74, 6) is 0.812. The molecule has 0 saturated carbocycles. The molecule has 1 atom stereocenters. The van der Waals surface area contributed by atoms with Gasteiger partial charge in [-0.25, -0.2) is 4.99 Å². The topological polar surface area (TPSA) is 63.1 Å². The Bertz CT molecular complexity index is 2790. The lowest BCUT2D eigenvalue weighted by molar-refractivity contribution is 0.751. The minimum absolute atomic E-state index is 0.155. The van der Waals surface area contributed by atoms with Crippen molar-refractivity contribution in [1.82, 2.24) is 20.3 Å². The maximum absolute atomic E-state index is 5.47. The molecule has 3 aromatic heterocycles. The second-order valence-corrected chi connectivity index (χ2v) is 14.0. The van der Waals surface area contributed by atoms with Gasteiger partial charge < -0.3 is 5.32 Å². The summed E-state index contributed by atoms with van der Waals surface area (Å²) in [6.07, 6.45) is 5.52. The maximum atomic E-state index is 5.47. The number of nitrogens with zero attached hydrogens (tertiary/aromatic N) is 4. The van der Waals surface area contributed by atoms with E-state index in [0.29, 0.717) is 0 Å². The summed E-state index contributed by atoms with van der Waals surface area (Å²) >= 11 is 0. The number of hydrogen-bond donors (Lipinski definition) is 1. The molecule has 1 aliphatic heterocycles. The SMILES string of the molecule is c1ccc(-c2cccc(-c3cc(C4=Nc5c(ccc6ccccc56)C(c5cccc(-c6ccccn6)c5)N4)cc(-c4cccc(-c5ccccn5)c4)c3)c2)nc1. The third-order valence-corrected chi connectivity index (χ3v) is 10.4. The second-order valence-electron chi connectivity index (χ2n) is 14.0. The van der Waals surface area contributed by atoms with Gasteiger partial charge in [-0.3, -0.25) is 15.0 Å². The van der Waals surface area contributed by atoms with Crippen LogP contribution in [0.5, 0.6) is 0 Å². The van der Waals surface area contributed by atoms with E-state index in [9.17, 15) is 0 Å². The van der Waals surface area contributed by atoms with Crippen LogP contribution in [0.1, 0.15) is 22.7 Å². The zero-order chi connectivity index (χ0) is 37.3. The maximum Gasteiger partial charge on any atom is 0.134 e. The molecule has 0 amide bonds. The predicted molar refractivity (Wildman–Crippen MR) is 229 cm³/mol. The standard InChI is InChI=1S/C51H35N5/c1-2-19-44-34(12-1)23-24-45-49(40-18-11-17-39(30-40)48-22-5-8-27-54-48)55-51(56-50(44)45)43-32-41(35-13-9-15-37(28-35)46-20-3-6-25-52-46)31-42(33-43)36-14-10-16-38(29-36)47-21-4-7-26-53-47/h1-33,49H,(H,55,56). The van der Waals surface area contributed by atoms with Gasteiger partial charge in [0.1, 0.15) is 5.84 Å². The highest BCUT2D eigenvalue weighted by Crippen LogP contribution is 2.41. The van der Waals surface area contributed by atoms with Crippen molar-refractivity contribution in [3.63, 3.8) is 0 Å². The fraction of sp³-hybridized carbons (Fsp3) is 0.0196. The zero-order valence-corrected chi connectivity index (χ0v) is 30.4. The first-order valence-corrected chi connectivity index (χ1v) is 18.8. The van der Waals surface area contributed by atoms with Gasteiger partial charge in [-0.1, -0.05) is 109 Å². The lowest BCUT2D eigenvalue weighted by Gasteiger charge is -2.29. The lowest BCUT2D eigenvalue weighted by Crippen LogP contribution is -2.33. The average molecular weight is 718 g/mol. The van der Waals surface area contributed by atoms with E-state index in [1.165, 1.54) is 0 Å². The van der Waals surface area contributed by atoms with Crippen molar-refractivity contribution < 1.29 is 0 Å². The molecular weight excluding hydrogens is 683 g/mol. The summed E-state index contributed by atoms with van der Waals surface area (Å²) < 4.78 is 0. The summed E-state index contributed by atoms with van der Waals surface area (Å²) in [7, 11) is 0. The van der Waals surface area contributed by atoms with Crippen LogP contribution >= 0.6 is 0 Å². The number of nitrogens with one attached hydrogen (secondary N) is 1. The van der Waals surface area contributed by atoms with Crippen molar-refractivity contribution >= 4 is 22.3 Å². The Morgan fingerprint density at radius 3 is 1.46 bits per heavy atom. The number of benzene rings is 6. The van der Waals surface area contributed by atoms with Crippen molar-refractivity contribution in [3.8, 4) is 56.0 Å². The Morgan fingerprint density at radius 2 is 0.875 bits per heavy atom. The molecule has 1 unspecified atom stereocenters.